The van der Waals surface area contributed by atoms with Gasteiger partial charge in [0, 0.05) is 23.1 Å². The Bertz CT molecular complexity index is 623. The average molecular weight is 372 g/mol. The molecule has 0 saturated heterocycles. The van der Waals surface area contributed by atoms with Crippen LogP contribution in [0.2, 0.25) is 0 Å². The van der Waals surface area contributed by atoms with Gasteiger partial charge < -0.3 is 15.2 Å². The summed E-state index contributed by atoms with van der Waals surface area (Å²) in [7, 11) is 0. The number of aliphatic hydroxyl groups is 1. The fourth-order valence-corrected chi connectivity index (χ4v) is 2.49. The predicted molar refractivity (Wildman–Crippen MR) is 83.7 cm³/mol. The molecule has 0 saturated carbocycles. The minimum Gasteiger partial charge on any atom is -0.434 e. The monoisotopic (exact) mass is 371 g/mol. The Kier molecular flexibility index (Phi) is 6.30. The van der Waals surface area contributed by atoms with Crippen molar-refractivity contribution >= 4 is 15.9 Å². The van der Waals surface area contributed by atoms with Gasteiger partial charge in [-0.3, -0.25) is 0 Å². The molecular weight excluding hydrogens is 356 g/mol. The Labute approximate surface area is 136 Å². The maximum atomic E-state index is 12.4. The molecule has 6 heteroatoms. The largest absolute Gasteiger partial charge is 0.434 e. The van der Waals surface area contributed by atoms with Gasteiger partial charge in [0.2, 0.25) is 0 Å². The Morgan fingerprint density at radius 1 is 1.09 bits per heavy atom. The van der Waals surface area contributed by atoms with E-state index in [9.17, 15) is 8.78 Å². The molecule has 0 bridgehead atoms. The fourth-order valence-electron chi connectivity index (χ4n) is 2.08. The minimum absolute atomic E-state index is 0.00809. The van der Waals surface area contributed by atoms with E-state index < -0.39 is 6.61 Å². The van der Waals surface area contributed by atoms with Crippen LogP contribution in [0.4, 0.5) is 8.78 Å². The molecule has 0 aliphatic carbocycles. The van der Waals surface area contributed by atoms with E-state index >= 15 is 0 Å². The molecule has 0 aromatic heterocycles. The third-order valence-corrected chi connectivity index (χ3v) is 3.55. The van der Waals surface area contributed by atoms with E-state index in [-0.39, 0.29) is 12.4 Å². The average Bonchev–Trinajstić information content (AvgIpc) is 2.50. The van der Waals surface area contributed by atoms with Gasteiger partial charge >= 0.3 is 6.61 Å². The quantitative estimate of drug-likeness (QED) is 0.776. The molecule has 0 aliphatic heterocycles. The molecule has 0 radical (unpaired) electrons. The maximum Gasteiger partial charge on any atom is 0.387 e. The summed E-state index contributed by atoms with van der Waals surface area (Å²) in [5.74, 6) is 0.162. The van der Waals surface area contributed by atoms with E-state index in [1.165, 1.54) is 6.07 Å². The summed E-state index contributed by atoms with van der Waals surface area (Å²) in [5.41, 5.74) is 2.49. The van der Waals surface area contributed by atoms with Crippen LogP contribution in [0.15, 0.2) is 46.9 Å². The van der Waals surface area contributed by atoms with Gasteiger partial charge in [0.1, 0.15) is 5.75 Å². The molecule has 118 valence electrons. The second-order valence-corrected chi connectivity index (χ2v) is 5.63. The molecule has 22 heavy (non-hydrogen) atoms. The van der Waals surface area contributed by atoms with Crippen LogP contribution >= 0.6 is 15.9 Å². The zero-order chi connectivity index (χ0) is 15.9. The predicted octanol–water partition coefficient (Wildman–Crippen LogP) is 3.83. The molecule has 0 fully saturated rings. The van der Waals surface area contributed by atoms with E-state index in [0.29, 0.717) is 18.7 Å². The Hall–Kier alpha value is -1.50. The van der Waals surface area contributed by atoms with Crippen LogP contribution in [0, 0.1) is 0 Å². The first-order valence-corrected chi connectivity index (χ1v) is 7.50. The number of hydrogen-bond donors (Lipinski definition) is 2. The lowest BCUT2D eigenvalue weighted by atomic mass is 10.1. The molecule has 3 nitrogen and oxygen atoms in total. The van der Waals surface area contributed by atoms with Gasteiger partial charge in [-0.1, -0.05) is 40.2 Å². The highest BCUT2D eigenvalue weighted by atomic mass is 79.9. The molecule has 2 aromatic carbocycles. The van der Waals surface area contributed by atoms with Crippen LogP contribution in [-0.2, 0) is 19.7 Å². The van der Waals surface area contributed by atoms with Crippen LogP contribution in [-0.4, -0.2) is 11.7 Å². The number of aliphatic hydroxyl groups excluding tert-OH is 1. The third kappa shape index (κ3) is 5.05. The van der Waals surface area contributed by atoms with Crippen molar-refractivity contribution in [2.24, 2.45) is 0 Å². The van der Waals surface area contributed by atoms with Gasteiger partial charge in [-0.05, 0) is 29.3 Å². The van der Waals surface area contributed by atoms with Crippen molar-refractivity contribution in [3.8, 4) is 5.75 Å². The Morgan fingerprint density at radius 3 is 2.59 bits per heavy atom. The standard InChI is InChI=1S/C16H16BrF2NO2/c17-14-4-5-15(22-16(18)19)13(7-14)9-20-8-11-2-1-3-12(6-11)10-21/h1-7,16,20-21H,8-10H2. The SMILES string of the molecule is OCc1cccc(CNCc2cc(Br)ccc2OC(F)F)c1. The smallest absolute Gasteiger partial charge is 0.387 e. The van der Waals surface area contributed by atoms with Crippen molar-refractivity contribution in [3.05, 3.63) is 63.6 Å². The first-order valence-electron chi connectivity index (χ1n) is 6.71. The summed E-state index contributed by atoms with van der Waals surface area (Å²) < 4.78 is 30.1. The fraction of sp³-hybridized carbons (Fsp3) is 0.250. The van der Waals surface area contributed by atoms with E-state index in [4.69, 9.17) is 5.11 Å². The summed E-state index contributed by atoms with van der Waals surface area (Å²) >= 11 is 3.32. The molecule has 0 amide bonds. The Balaban J connectivity index is 1.99. The second kappa shape index (κ2) is 8.22. The molecule has 0 spiro atoms. The van der Waals surface area contributed by atoms with Crippen molar-refractivity contribution in [3.63, 3.8) is 0 Å². The van der Waals surface area contributed by atoms with Crippen molar-refractivity contribution in [2.45, 2.75) is 26.3 Å². The lowest BCUT2D eigenvalue weighted by Crippen LogP contribution is -2.14. The first kappa shape index (κ1) is 16.9. The van der Waals surface area contributed by atoms with E-state index in [1.54, 1.807) is 12.1 Å². The van der Waals surface area contributed by atoms with Crippen LogP contribution in [0.1, 0.15) is 16.7 Å². The molecule has 0 heterocycles. The van der Waals surface area contributed by atoms with Crippen LogP contribution < -0.4 is 10.1 Å². The second-order valence-electron chi connectivity index (χ2n) is 4.71. The van der Waals surface area contributed by atoms with Gasteiger partial charge in [-0.25, -0.2) is 0 Å². The van der Waals surface area contributed by atoms with Gasteiger partial charge in [0.15, 0.2) is 0 Å². The van der Waals surface area contributed by atoms with Crippen molar-refractivity contribution in [1.29, 1.82) is 0 Å². The van der Waals surface area contributed by atoms with E-state index in [2.05, 4.69) is 26.0 Å². The summed E-state index contributed by atoms with van der Waals surface area (Å²) in [6.45, 7) is -1.90. The number of alkyl halides is 2. The first-order chi connectivity index (χ1) is 10.6. The zero-order valence-electron chi connectivity index (χ0n) is 11.7. The van der Waals surface area contributed by atoms with Gasteiger partial charge in [0.25, 0.3) is 0 Å². The summed E-state index contributed by atoms with van der Waals surface area (Å²) in [5, 5.41) is 12.3. The van der Waals surface area contributed by atoms with Crippen molar-refractivity contribution < 1.29 is 18.6 Å². The maximum absolute atomic E-state index is 12.4. The molecule has 0 unspecified atom stereocenters. The topological polar surface area (TPSA) is 41.5 Å². The van der Waals surface area contributed by atoms with E-state index in [1.807, 2.05) is 24.3 Å². The van der Waals surface area contributed by atoms with Crippen LogP contribution in [0.5, 0.6) is 5.75 Å². The van der Waals surface area contributed by atoms with Crippen LogP contribution in [0.3, 0.4) is 0 Å². The third-order valence-electron chi connectivity index (χ3n) is 3.06. The molecular formula is C16H16BrF2NO2. The van der Waals surface area contributed by atoms with E-state index in [0.717, 1.165) is 15.6 Å². The number of hydrogen-bond acceptors (Lipinski definition) is 3. The highest BCUT2D eigenvalue weighted by Crippen LogP contribution is 2.24. The lowest BCUT2D eigenvalue weighted by Gasteiger charge is -2.12. The van der Waals surface area contributed by atoms with Gasteiger partial charge in [-0.15, -0.1) is 0 Å². The van der Waals surface area contributed by atoms with Crippen molar-refractivity contribution in [2.75, 3.05) is 0 Å². The highest BCUT2D eigenvalue weighted by Gasteiger charge is 2.10. The number of benzene rings is 2. The molecule has 2 rings (SSSR count). The van der Waals surface area contributed by atoms with Gasteiger partial charge in [0.05, 0.1) is 6.61 Å². The lowest BCUT2D eigenvalue weighted by molar-refractivity contribution is -0.0505. The summed E-state index contributed by atoms with van der Waals surface area (Å²) in [4.78, 5) is 0. The number of halogens is 3. The molecule has 2 N–H and O–H groups in total. The minimum atomic E-state index is -2.85. The van der Waals surface area contributed by atoms with Crippen molar-refractivity contribution in [1.82, 2.24) is 5.32 Å². The number of nitrogens with one attached hydrogen (secondary N) is 1. The number of rotatable bonds is 7. The highest BCUT2D eigenvalue weighted by molar-refractivity contribution is 9.10. The molecule has 0 aliphatic rings. The van der Waals surface area contributed by atoms with Crippen LogP contribution in [0.25, 0.3) is 0 Å². The molecule has 0 atom stereocenters. The van der Waals surface area contributed by atoms with Gasteiger partial charge in [-0.2, -0.15) is 8.78 Å². The number of ether oxygens (including phenoxy) is 1. The zero-order valence-corrected chi connectivity index (χ0v) is 13.3. The summed E-state index contributed by atoms with van der Waals surface area (Å²) in [6.07, 6.45) is 0. The normalized spacial score (nSPS) is 11.0. The molecule has 2 aromatic rings. The Morgan fingerprint density at radius 2 is 1.86 bits per heavy atom. The summed E-state index contributed by atoms with van der Waals surface area (Å²) in [6, 6.07) is 12.5.